The Labute approximate surface area is 162 Å². The molecule has 0 unspecified atom stereocenters. The van der Waals surface area contributed by atoms with Crippen LogP contribution in [0.4, 0.5) is 10.5 Å². The molecule has 0 fully saturated rings. The molecule has 0 saturated heterocycles. The quantitative estimate of drug-likeness (QED) is 0.559. The predicted octanol–water partition coefficient (Wildman–Crippen LogP) is 3.73. The summed E-state index contributed by atoms with van der Waals surface area (Å²) in [5.74, 6) is 0.525. The van der Waals surface area contributed by atoms with Crippen molar-refractivity contribution in [3.8, 4) is 17.1 Å². The number of amides is 2. The number of hydrogen-bond donors (Lipinski definition) is 2. The molecule has 0 saturated carbocycles. The molecule has 0 aliphatic carbocycles. The Balaban J connectivity index is 1.41. The van der Waals surface area contributed by atoms with Crippen LogP contribution in [0.15, 0.2) is 72.9 Å². The topological polar surface area (TPSA) is 80.5 Å². The second-order valence-electron chi connectivity index (χ2n) is 6.18. The van der Waals surface area contributed by atoms with E-state index < -0.39 is 0 Å². The largest absolute Gasteiger partial charge is 0.480 e. The van der Waals surface area contributed by atoms with E-state index in [1.165, 1.54) is 0 Å². The van der Waals surface area contributed by atoms with Crippen molar-refractivity contribution in [1.82, 2.24) is 19.9 Å². The van der Waals surface area contributed by atoms with E-state index >= 15 is 0 Å². The third kappa shape index (κ3) is 3.93. The Morgan fingerprint density at radius 2 is 1.82 bits per heavy atom. The van der Waals surface area contributed by atoms with Gasteiger partial charge in [0.05, 0.1) is 19.0 Å². The van der Waals surface area contributed by atoms with E-state index in [4.69, 9.17) is 4.74 Å². The molecule has 2 N–H and O–H groups in total. The minimum Gasteiger partial charge on any atom is -0.480 e. The Morgan fingerprint density at radius 3 is 2.57 bits per heavy atom. The van der Waals surface area contributed by atoms with Crippen molar-refractivity contribution < 1.29 is 9.53 Å². The van der Waals surface area contributed by atoms with Crippen molar-refractivity contribution in [3.05, 3.63) is 78.5 Å². The van der Waals surface area contributed by atoms with Crippen LogP contribution in [0.25, 0.3) is 16.9 Å². The fraction of sp³-hybridized carbons (Fsp3) is 0.0952. The third-order valence-corrected chi connectivity index (χ3v) is 4.24. The summed E-state index contributed by atoms with van der Waals surface area (Å²) in [4.78, 5) is 16.6. The van der Waals surface area contributed by atoms with Gasteiger partial charge in [-0.2, -0.15) is 0 Å². The van der Waals surface area contributed by atoms with Crippen molar-refractivity contribution in [2.45, 2.75) is 6.54 Å². The summed E-state index contributed by atoms with van der Waals surface area (Å²) in [5, 5.41) is 9.97. The highest BCUT2D eigenvalue weighted by Crippen LogP contribution is 2.21. The van der Waals surface area contributed by atoms with Crippen molar-refractivity contribution in [3.63, 3.8) is 0 Å². The number of ether oxygens (including phenoxy) is 1. The minimum absolute atomic E-state index is 0.249. The number of nitrogens with one attached hydrogen (secondary N) is 2. The highest BCUT2D eigenvalue weighted by atomic mass is 16.5. The summed E-state index contributed by atoms with van der Waals surface area (Å²) >= 11 is 0. The molecule has 0 spiro atoms. The molecule has 0 aliphatic rings. The number of anilines is 1. The second-order valence-corrected chi connectivity index (χ2v) is 6.18. The number of urea groups is 1. The first-order valence-electron chi connectivity index (χ1n) is 8.81. The minimum atomic E-state index is -0.249. The highest BCUT2D eigenvalue weighted by molar-refractivity contribution is 5.89. The summed E-state index contributed by atoms with van der Waals surface area (Å²) < 4.78 is 6.81. The average Bonchev–Trinajstić information content (AvgIpc) is 3.17. The van der Waals surface area contributed by atoms with Gasteiger partial charge in [-0.1, -0.05) is 42.5 Å². The molecule has 2 amide bonds. The van der Waals surface area contributed by atoms with Gasteiger partial charge in [-0.3, -0.25) is 0 Å². The Morgan fingerprint density at radius 1 is 1.04 bits per heavy atom. The number of aromatic nitrogens is 3. The van der Waals surface area contributed by atoms with Crippen LogP contribution in [0.3, 0.4) is 0 Å². The van der Waals surface area contributed by atoms with Gasteiger partial charge in [-0.15, -0.1) is 5.10 Å². The molecule has 0 atom stereocenters. The van der Waals surface area contributed by atoms with Crippen molar-refractivity contribution >= 4 is 17.4 Å². The monoisotopic (exact) mass is 373 g/mol. The van der Waals surface area contributed by atoms with E-state index in [1.54, 1.807) is 17.7 Å². The van der Waals surface area contributed by atoms with Gasteiger partial charge in [-0.25, -0.2) is 14.3 Å². The van der Waals surface area contributed by atoms with Gasteiger partial charge in [0.15, 0.2) is 5.65 Å². The highest BCUT2D eigenvalue weighted by Gasteiger charge is 2.07. The maximum absolute atomic E-state index is 12.1. The van der Waals surface area contributed by atoms with Gasteiger partial charge < -0.3 is 15.4 Å². The number of carbonyl (C=O) groups excluding carboxylic acids is 1. The molecule has 2 heterocycles. The lowest BCUT2D eigenvalue weighted by Crippen LogP contribution is -2.28. The number of nitrogens with zero attached hydrogens (tertiary/aromatic N) is 3. The van der Waals surface area contributed by atoms with Crippen LogP contribution in [0, 0.1) is 0 Å². The lowest BCUT2D eigenvalue weighted by Gasteiger charge is -2.08. The zero-order valence-corrected chi connectivity index (χ0v) is 15.3. The molecule has 7 heteroatoms. The van der Waals surface area contributed by atoms with E-state index in [-0.39, 0.29) is 6.03 Å². The summed E-state index contributed by atoms with van der Waals surface area (Å²) in [7, 11) is 1.58. The second kappa shape index (κ2) is 7.79. The first-order valence-corrected chi connectivity index (χ1v) is 8.81. The lowest BCUT2D eigenvalue weighted by atomic mass is 10.1. The Kier molecular flexibility index (Phi) is 4.88. The molecule has 140 valence electrons. The molecule has 4 rings (SSSR count). The molecular weight excluding hydrogens is 354 g/mol. The normalized spacial score (nSPS) is 10.6. The smallest absolute Gasteiger partial charge is 0.319 e. The number of benzene rings is 2. The van der Waals surface area contributed by atoms with E-state index in [0.29, 0.717) is 18.1 Å². The van der Waals surface area contributed by atoms with Crippen LogP contribution in [0.2, 0.25) is 0 Å². The first-order chi connectivity index (χ1) is 13.7. The van der Waals surface area contributed by atoms with Gasteiger partial charge in [0, 0.05) is 23.9 Å². The average molecular weight is 373 g/mol. The van der Waals surface area contributed by atoms with Crippen LogP contribution in [0.5, 0.6) is 5.88 Å². The maximum Gasteiger partial charge on any atom is 0.319 e. The molecule has 2 aromatic heterocycles. The fourth-order valence-corrected chi connectivity index (χ4v) is 2.79. The third-order valence-electron chi connectivity index (χ3n) is 4.24. The fourth-order valence-electron chi connectivity index (χ4n) is 2.79. The van der Waals surface area contributed by atoms with Crippen molar-refractivity contribution in [2.75, 3.05) is 12.4 Å². The van der Waals surface area contributed by atoms with Crippen LogP contribution >= 0.6 is 0 Å². The van der Waals surface area contributed by atoms with Crippen LogP contribution in [-0.2, 0) is 6.54 Å². The van der Waals surface area contributed by atoms with Crippen LogP contribution < -0.4 is 15.4 Å². The number of carbonyl (C=O) groups is 1. The number of methoxy groups -OCH3 is 1. The molecule has 0 bridgehead atoms. The standard InChI is InChI=1S/C21H19N5O2/c1-28-20-12-11-19-24-18(14-26(19)25-20)16-7-9-17(10-8-16)23-21(27)22-13-15-5-3-2-4-6-15/h2-12,14H,13H2,1H3,(H2,22,23,27). The number of hydrogen-bond acceptors (Lipinski definition) is 4. The van der Waals surface area contributed by atoms with Crippen LogP contribution in [-0.4, -0.2) is 27.7 Å². The lowest BCUT2D eigenvalue weighted by molar-refractivity contribution is 0.251. The zero-order chi connectivity index (χ0) is 19.3. The van der Waals surface area contributed by atoms with E-state index in [0.717, 1.165) is 22.5 Å². The molecule has 28 heavy (non-hydrogen) atoms. The van der Waals surface area contributed by atoms with Crippen molar-refractivity contribution in [1.29, 1.82) is 0 Å². The van der Waals surface area contributed by atoms with Crippen LogP contribution in [0.1, 0.15) is 5.56 Å². The van der Waals surface area contributed by atoms with Gasteiger partial charge >= 0.3 is 6.03 Å². The summed E-state index contributed by atoms with van der Waals surface area (Å²) in [6.07, 6.45) is 1.84. The first kappa shape index (κ1) is 17.5. The SMILES string of the molecule is COc1ccc2nc(-c3ccc(NC(=O)NCc4ccccc4)cc3)cn2n1. The molecule has 0 aliphatic heterocycles. The van der Waals surface area contributed by atoms with E-state index in [1.807, 2.05) is 66.9 Å². The summed E-state index contributed by atoms with van der Waals surface area (Å²) in [5.41, 5.74) is 4.21. The molecule has 0 radical (unpaired) electrons. The molecule has 4 aromatic rings. The van der Waals surface area contributed by atoms with Gasteiger partial charge in [-0.05, 0) is 23.8 Å². The summed E-state index contributed by atoms with van der Waals surface area (Å²) in [6, 6.07) is 20.6. The molecule has 2 aromatic carbocycles. The maximum atomic E-state index is 12.1. The van der Waals surface area contributed by atoms with Gasteiger partial charge in [0.25, 0.3) is 0 Å². The Bertz CT molecular complexity index is 1090. The van der Waals surface area contributed by atoms with Gasteiger partial charge in [0.2, 0.25) is 5.88 Å². The van der Waals surface area contributed by atoms with E-state index in [9.17, 15) is 4.79 Å². The van der Waals surface area contributed by atoms with Gasteiger partial charge in [0.1, 0.15) is 0 Å². The molecular formula is C21H19N5O2. The summed E-state index contributed by atoms with van der Waals surface area (Å²) in [6.45, 7) is 0.475. The number of rotatable bonds is 5. The Hall–Kier alpha value is -3.87. The van der Waals surface area contributed by atoms with Crippen molar-refractivity contribution in [2.24, 2.45) is 0 Å². The zero-order valence-electron chi connectivity index (χ0n) is 15.3. The number of imidazole rings is 1. The predicted molar refractivity (Wildman–Crippen MR) is 107 cm³/mol. The van der Waals surface area contributed by atoms with E-state index in [2.05, 4.69) is 20.7 Å². The number of fused-ring (bicyclic) bond motifs is 1. The molecule has 7 nitrogen and oxygen atoms in total.